The summed E-state index contributed by atoms with van der Waals surface area (Å²) in [6.45, 7) is 2.22. The van der Waals surface area contributed by atoms with Crippen LogP contribution in [0.1, 0.15) is 56.1 Å². The van der Waals surface area contributed by atoms with Gasteiger partial charge in [-0.05, 0) is 79.5 Å². The van der Waals surface area contributed by atoms with E-state index >= 15 is 0 Å². The van der Waals surface area contributed by atoms with Crippen molar-refractivity contribution in [2.75, 3.05) is 0 Å². The molecule has 0 unspecified atom stereocenters. The molecule has 2 fully saturated rings. The Labute approximate surface area is 132 Å². The molecule has 2 heteroatoms. The predicted molar refractivity (Wildman–Crippen MR) is 86.5 cm³/mol. The molecule has 0 bridgehead atoms. The van der Waals surface area contributed by atoms with E-state index in [2.05, 4.69) is 18.9 Å². The van der Waals surface area contributed by atoms with Crippen molar-refractivity contribution in [3.8, 4) is 18.1 Å². The van der Waals surface area contributed by atoms with Crippen molar-refractivity contribution >= 4 is 0 Å². The van der Waals surface area contributed by atoms with Crippen molar-refractivity contribution in [3.05, 3.63) is 29.3 Å². The van der Waals surface area contributed by atoms with Crippen molar-refractivity contribution < 1.29 is 10.2 Å². The molecule has 2 N–H and O–H groups in total. The lowest BCUT2D eigenvalue weighted by Crippen LogP contribution is -2.50. The molecule has 116 valence electrons. The van der Waals surface area contributed by atoms with E-state index in [0.29, 0.717) is 23.5 Å². The number of aliphatic hydroxyl groups is 1. The van der Waals surface area contributed by atoms with Crippen LogP contribution in [0.4, 0.5) is 0 Å². The van der Waals surface area contributed by atoms with E-state index in [1.807, 2.05) is 12.1 Å². The molecule has 0 spiro atoms. The second-order valence-electron chi connectivity index (χ2n) is 7.80. The smallest absolute Gasteiger partial charge is 0.130 e. The summed E-state index contributed by atoms with van der Waals surface area (Å²) in [6.07, 6.45) is 11.8. The minimum atomic E-state index is -0.919. The molecular weight excluding hydrogens is 272 g/mol. The highest BCUT2D eigenvalue weighted by molar-refractivity contribution is 5.40. The maximum absolute atomic E-state index is 10.9. The standard InChI is InChI=1S/C20H24O2/c1-3-20(22)11-9-18-17-6-4-13-12-14(21)5-7-15(13)16(17)8-10-19(18,20)2/h1,5,7,12,16-18,21-22H,4,6,8-11H2,2H3/t16-,17-,18-,19-,20-/m1/s1. The highest BCUT2D eigenvalue weighted by atomic mass is 16.3. The molecule has 3 aliphatic rings. The van der Waals surface area contributed by atoms with E-state index in [0.717, 1.165) is 38.5 Å². The number of hydrogen-bond donors (Lipinski definition) is 2. The van der Waals surface area contributed by atoms with Crippen LogP contribution in [0, 0.1) is 29.6 Å². The van der Waals surface area contributed by atoms with E-state index in [-0.39, 0.29) is 5.41 Å². The van der Waals surface area contributed by atoms with Crippen molar-refractivity contribution in [1.82, 2.24) is 0 Å². The first-order valence-corrected chi connectivity index (χ1v) is 8.50. The molecule has 5 atom stereocenters. The zero-order chi connectivity index (χ0) is 15.5. The van der Waals surface area contributed by atoms with Crippen LogP contribution in [0.2, 0.25) is 0 Å². The van der Waals surface area contributed by atoms with Crippen LogP contribution >= 0.6 is 0 Å². The number of aromatic hydroxyl groups is 1. The topological polar surface area (TPSA) is 40.5 Å². The highest BCUT2D eigenvalue weighted by Crippen LogP contribution is 2.64. The quantitative estimate of drug-likeness (QED) is 0.718. The van der Waals surface area contributed by atoms with Crippen molar-refractivity contribution in [2.24, 2.45) is 17.3 Å². The van der Waals surface area contributed by atoms with E-state index < -0.39 is 5.60 Å². The largest absolute Gasteiger partial charge is 0.508 e. The Morgan fingerprint density at radius 1 is 1.23 bits per heavy atom. The number of phenols is 1. The molecule has 4 rings (SSSR count). The van der Waals surface area contributed by atoms with Gasteiger partial charge >= 0.3 is 0 Å². The van der Waals surface area contributed by atoms with Gasteiger partial charge in [-0.15, -0.1) is 6.42 Å². The molecule has 1 aromatic rings. The zero-order valence-electron chi connectivity index (χ0n) is 13.2. The summed E-state index contributed by atoms with van der Waals surface area (Å²) in [5.41, 5.74) is 1.69. The summed E-state index contributed by atoms with van der Waals surface area (Å²) >= 11 is 0. The number of hydrogen-bond acceptors (Lipinski definition) is 2. The fourth-order valence-corrected chi connectivity index (χ4v) is 5.82. The number of benzene rings is 1. The first kappa shape index (κ1) is 14.2. The molecule has 22 heavy (non-hydrogen) atoms. The molecule has 0 aliphatic heterocycles. The fraction of sp³-hybridized carbons (Fsp3) is 0.600. The third-order valence-electron chi connectivity index (χ3n) is 7.10. The Kier molecular flexibility index (Phi) is 2.91. The SMILES string of the molecule is C#C[C@@]1(O)CC[C@@H]2[C@@H]3CCc4cc(O)ccc4[C@H]3CC[C@]21C. The first-order chi connectivity index (χ1) is 10.5. The second kappa shape index (κ2) is 4.52. The Morgan fingerprint density at radius 3 is 2.82 bits per heavy atom. The summed E-state index contributed by atoms with van der Waals surface area (Å²) in [6, 6.07) is 5.87. The third kappa shape index (κ3) is 1.66. The minimum Gasteiger partial charge on any atom is -0.508 e. The molecule has 2 saturated carbocycles. The summed E-state index contributed by atoms with van der Waals surface area (Å²) in [4.78, 5) is 0. The van der Waals surface area contributed by atoms with Crippen LogP contribution in [-0.2, 0) is 6.42 Å². The number of aryl methyl sites for hydroxylation is 1. The van der Waals surface area contributed by atoms with Crippen LogP contribution in [0.15, 0.2) is 18.2 Å². The van der Waals surface area contributed by atoms with Gasteiger partial charge in [-0.25, -0.2) is 0 Å². The fourth-order valence-electron chi connectivity index (χ4n) is 5.82. The maximum Gasteiger partial charge on any atom is 0.130 e. The summed E-state index contributed by atoms with van der Waals surface area (Å²) < 4.78 is 0. The number of fused-ring (bicyclic) bond motifs is 5. The van der Waals surface area contributed by atoms with Crippen molar-refractivity contribution in [3.63, 3.8) is 0 Å². The van der Waals surface area contributed by atoms with Gasteiger partial charge in [-0.3, -0.25) is 0 Å². The van der Waals surface area contributed by atoms with Gasteiger partial charge < -0.3 is 10.2 Å². The van der Waals surface area contributed by atoms with Gasteiger partial charge in [0.1, 0.15) is 11.4 Å². The predicted octanol–water partition coefficient (Wildman–Crippen LogP) is 3.61. The van der Waals surface area contributed by atoms with Crippen LogP contribution in [0.25, 0.3) is 0 Å². The van der Waals surface area contributed by atoms with Crippen LogP contribution in [0.3, 0.4) is 0 Å². The molecule has 0 heterocycles. The lowest BCUT2D eigenvalue weighted by Gasteiger charge is -2.52. The average Bonchev–Trinajstić information content (AvgIpc) is 2.79. The summed E-state index contributed by atoms with van der Waals surface area (Å²) in [5, 5.41) is 20.6. The third-order valence-corrected chi connectivity index (χ3v) is 7.10. The van der Waals surface area contributed by atoms with Crippen LogP contribution in [-0.4, -0.2) is 15.8 Å². The Balaban J connectivity index is 1.72. The van der Waals surface area contributed by atoms with Gasteiger partial charge in [0, 0.05) is 5.41 Å². The molecule has 2 nitrogen and oxygen atoms in total. The Hall–Kier alpha value is -1.46. The Morgan fingerprint density at radius 2 is 2.05 bits per heavy atom. The lowest BCUT2D eigenvalue weighted by molar-refractivity contribution is -0.0646. The lowest BCUT2D eigenvalue weighted by atomic mass is 9.53. The molecular formula is C20H24O2. The van der Waals surface area contributed by atoms with E-state index in [1.165, 1.54) is 11.1 Å². The highest BCUT2D eigenvalue weighted by Gasteiger charge is 2.61. The zero-order valence-corrected chi connectivity index (χ0v) is 13.2. The van der Waals surface area contributed by atoms with Crippen LogP contribution < -0.4 is 0 Å². The van der Waals surface area contributed by atoms with Gasteiger partial charge in [0.15, 0.2) is 0 Å². The second-order valence-corrected chi connectivity index (χ2v) is 7.80. The number of terminal acetylenes is 1. The molecule has 0 saturated heterocycles. The van der Waals surface area contributed by atoms with E-state index in [1.54, 1.807) is 0 Å². The van der Waals surface area contributed by atoms with Gasteiger partial charge in [0.05, 0.1) is 0 Å². The van der Waals surface area contributed by atoms with Gasteiger partial charge in [-0.2, -0.15) is 0 Å². The molecule has 0 amide bonds. The van der Waals surface area contributed by atoms with Crippen molar-refractivity contribution in [2.45, 2.75) is 57.0 Å². The maximum atomic E-state index is 10.9. The molecule has 3 aliphatic carbocycles. The number of rotatable bonds is 0. The van der Waals surface area contributed by atoms with E-state index in [9.17, 15) is 10.2 Å². The van der Waals surface area contributed by atoms with E-state index in [4.69, 9.17) is 6.42 Å². The average molecular weight is 296 g/mol. The van der Waals surface area contributed by atoms with Gasteiger partial charge in [0.25, 0.3) is 0 Å². The van der Waals surface area contributed by atoms with Crippen molar-refractivity contribution in [1.29, 1.82) is 0 Å². The first-order valence-electron chi connectivity index (χ1n) is 8.50. The van der Waals surface area contributed by atoms with Crippen LogP contribution in [0.5, 0.6) is 5.75 Å². The normalized spacial score (nSPS) is 42.9. The number of phenolic OH excluding ortho intramolecular Hbond substituents is 1. The Bertz CT molecular complexity index is 658. The molecule has 0 radical (unpaired) electrons. The van der Waals surface area contributed by atoms with Gasteiger partial charge in [0.2, 0.25) is 0 Å². The molecule has 0 aromatic heterocycles. The minimum absolute atomic E-state index is 0.128. The molecule has 1 aromatic carbocycles. The van der Waals surface area contributed by atoms with Gasteiger partial charge in [-0.1, -0.05) is 18.9 Å². The summed E-state index contributed by atoms with van der Waals surface area (Å²) in [5.74, 6) is 4.82. The summed E-state index contributed by atoms with van der Waals surface area (Å²) in [7, 11) is 0. The monoisotopic (exact) mass is 296 g/mol.